The van der Waals surface area contributed by atoms with E-state index < -0.39 is 29.1 Å². The summed E-state index contributed by atoms with van der Waals surface area (Å²) in [6.07, 6.45) is -5.20. The van der Waals surface area contributed by atoms with Gasteiger partial charge in [-0.15, -0.1) is 0 Å². The van der Waals surface area contributed by atoms with Crippen molar-refractivity contribution in [2.45, 2.75) is 50.9 Å². The van der Waals surface area contributed by atoms with Crippen molar-refractivity contribution in [3.63, 3.8) is 0 Å². The molecule has 1 saturated heterocycles. The van der Waals surface area contributed by atoms with Crippen LogP contribution in [0.25, 0.3) is 0 Å². The zero-order chi connectivity index (χ0) is 13.0. The van der Waals surface area contributed by atoms with E-state index in [-0.39, 0.29) is 51.4 Å². The Morgan fingerprint density at radius 2 is 1.35 bits per heavy atom. The van der Waals surface area contributed by atoms with E-state index in [4.69, 9.17) is 0 Å². The predicted molar refractivity (Wildman–Crippen MR) is 44.1 cm³/mol. The molecular weight excluding hydrogens is 268 g/mol. The molecule has 1 rings (SSSR count). The van der Waals surface area contributed by atoms with Crippen LogP contribution in [0.5, 0.6) is 0 Å². The quantitative estimate of drug-likeness (QED) is 0.503. The van der Waals surface area contributed by atoms with Gasteiger partial charge in [-0.25, -0.2) is 0 Å². The van der Waals surface area contributed by atoms with Gasteiger partial charge in [0.25, 0.3) is 0 Å². The van der Waals surface area contributed by atoms with E-state index in [1.54, 1.807) is 0 Å². The van der Waals surface area contributed by atoms with Gasteiger partial charge < -0.3 is 19.4 Å². The predicted octanol–water partition coefficient (Wildman–Crippen LogP) is -2.40. The first-order valence-corrected chi connectivity index (χ1v) is 4.54. The van der Waals surface area contributed by atoms with E-state index in [1.807, 2.05) is 0 Å². The second kappa shape index (κ2) is 4.73. The van der Waals surface area contributed by atoms with Crippen LogP contribution in [0.3, 0.4) is 0 Å². The first-order valence-electron chi connectivity index (χ1n) is 4.54. The van der Waals surface area contributed by atoms with Gasteiger partial charge in [0, 0.05) is 0 Å². The Labute approximate surface area is 139 Å². The number of carboxylic acid groups (broad SMARTS) is 1. The molecule has 94 valence electrons. The average molecular weight is 280 g/mol. The molecule has 0 spiro atoms. The molecule has 1 heterocycles. The number of aliphatic carboxylic acids is 1. The summed E-state index contributed by atoms with van der Waals surface area (Å²) in [7, 11) is 0. The number of carbonyl (C=O) groups excluding carboxylic acids is 1. The fourth-order valence-corrected chi connectivity index (χ4v) is 1.30. The Balaban J connectivity index is 0.00000256. The standard InChI is InChI=1S/C9H13F3O4.K/c1-6(2)7(3,4)16-8(15-6,5(13)14)9(10,11)12;/h1-4H3,(H,13,14);/q;+1/p-1. The van der Waals surface area contributed by atoms with Gasteiger partial charge >= 0.3 is 63.3 Å². The van der Waals surface area contributed by atoms with Crippen molar-refractivity contribution >= 4 is 5.97 Å². The molecule has 0 amide bonds. The molecule has 17 heavy (non-hydrogen) atoms. The van der Waals surface area contributed by atoms with Gasteiger partial charge in [0.2, 0.25) is 0 Å². The molecule has 0 aromatic rings. The topological polar surface area (TPSA) is 58.6 Å². The van der Waals surface area contributed by atoms with Crippen LogP contribution < -0.4 is 56.5 Å². The molecule has 0 bridgehead atoms. The maximum absolute atomic E-state index is 12.7. The van der Waals surface area contributed by atoms with Gasteiger partial charge in [-0.05, 0) is 27.7 Å². The Bertz CT molecular complexity index is 309. The zero-order valence-electron chi connectivity index (χ0n) is 10.3. The van der Waals surface area contributed by atoms with Crippen LogP contribution in [0.1, 0.15) is 27.7 Å². The normalized spacial score (nSPS) is 25.1. The summed E-state index contributed by atoms with van der Waals surface area (Å²) in [6.45, 7) is 5.29. The van der Waals surface area contributed by atoms with Crippen LogP contribution in [0.15, 0.2) is 0 Å². The smallest absolute Gasteiger partial charge is 0.544 e. The number of carbonyl (C=O) groups is 1. The SMILES string of the molecule is CC1(C)OC(C(=O)[O-])(C(F)(F)F)OC1(C)C.[K+]. The molecule has 4 nitrogen and oxygen atoms in total. The summed E-state index contributed by atoms with van der Waals surface area (Å²) in [5, 5.41) is 10.7. The number of ether oxygens (including phenoxy) is 2. The number of halogens is 3. The number of hydrogen-bond donors (Lipinski definition) is 0. The monoisotopic (exact) mass is 280 g/mol. The van der Waals surface area contributed by atoms with Crippen molar-refractivity contribution in [2.24, 2.45) is 0 Å². The first kappa shape index (κ1) is 17.8. The van der Waals surface area contributed by atoms with Crippen LogP contribution in [0, 0.1) is 0 Å². The van der Waals surface area contributed by atoms with Crippen molar-refractivity contribution in [3.05, 3.63) is 0 Å². The van der Waals surface area contributed by atoms with Crippen molar-refractivity contribution in [1.82, 2.24) is 0 Å². The number of rotatable bonds is 1. The van der Waals surface area contributed by atoms with Gasteiger partial charge in [0.15, 0.2) is 0 Å². The minimum atomic E-state index is -5.20. The summed E-state index contributed by atoms with van der Waals surface area (Å²) in [6, 6.07) is 0. The summed E-state index contributed by atoms with van der Waals surface area (Å²) in [4.78, 5) is 10.7. The van der Waals surface area contributed by atoms with E-state index in [0.29, 0.717) is 0 Å². The van der Waals surface area contributed by atoms with Crippen LogP contribution in [0.2, 0.25) is 0 Å². The summed E-state index contributed by atoms with van der Waals surface area (Å²) in [5.41, 5.74) is -2.80. The van der Waals surface area contributed by atoms with Crippen LogP contribution >= 0.6 is 0 Å². The van der Waals surface area contributed by atoms with Gasteiger partial charge in [-0.2, -0.15) is 13.2 Å². The zero-order valence-corrected chi connectivity index (χ0v) is 13.4. The second-order valence-electron chi connectivity index (χ2n) is 4.63. The van der Waals surface area contributed by atoms with Crippen molar-refractivity contribution in [2.75, 3.05) is 0 Å². The van der Waals surface area contributed by atoms with Gasteiger partial charge in [-0.1, -0.05) is 0 Å². The van der Waals surface area contributed by atoms with Crippen LogP contribution in [0.4, 0.5) is 13.2 Å². The van der Waals surface area contributed by atoms with Gasteiger partial charge in [0.05, 0.1) is 11.2 Å². The fourth-order valence-electron chi connectivity index (χ4n) is 1.30. The minimum absolute atomic E-state index is 0. The molecule has 1 fully saturated rings. The summed E-state index contributed by atoms with van der Waals surface area (Å²) < 4.78 is 47.2. The molecule has 1 aliphatic rings. The maximum atomic E-state index is 12.7. The van der Waals surface area contributed by atoms with Crippen molar-refractivity contribution in [3.8, 4) is 0 Å². The second-order valence-corrected chi connectivity index (χ2v) is 4.63. The third kappa shape index (κ3) is 2.72. The molecular formula is C9H12F3KO4. The van der Waals surface area contributed by atoms with E-state index >= 15 is 0 Å². The molecule has 0 saturated carbocycles. The van der Waals surface area contributed by atoms with E-state index in [1.165, 1.54) is 27.7 Å². The third-order valence-electron chi connectivity index (χ3n) is 2.89. The first-order chi connectivity index (χ1) is 6.86. The van der Waals surface area contributed by atoms with E-state index in [9.17, 15) is 23.1 Å². The van der Waals surface area contributed by atoms with E-state index in [0.717, 1.165) is 0 Å². The largest absolute Gasteiger partial charge is 1.00 e. The Morgan fingerprint density at radius 3 is 1.47 bits per heavy atom. The Hall–Kier alpha value is 0.816. The van der Waals surface area contributed by atoms with Crippen molar-refractivity contribution in [1.29, 1.82) is 0 Å². The summed E-state index contributed by atoms with van der Waals surface area (Å²) >= 11 is 0. The molecule has 8 heteroatoms. The molecule has 1 aliphatic heterocycles. The molecule has 0 atom stereocenters. The molecule has 0 aromatic carbocycles. The number of alkyl halides is 3. The third-order valence-corrected chi connectivity index (χ3v) is 2.89. The molecule has 0 radical (unpaired) electrons. The van der Waals surface area contributed by atoms with Gasteiger partial charge in [0.1, 0.15) is 5.97 Å². The fraction of sp³-hybridized carbons (Fsp3) is 0.889. The maximum Gasteiger partial charge on any atom is 1.00 e. The summed E-state index contributed by atoms with van der Waals surface area (Å²) in [5.74, 6) is -6.14. The van der Waals surface area contributed by atoms with Crippen LogP contribution in [-0.2, 0) is 14.3 Å². The van der Waals surface area contributed by atoms with E-state index in [2.05, 4.69) is 9.47 Å². The van der Waals surface area contributed by atoms with Gasteiger partial charge in [-0.3, -0.25) is 0 Å². The minimum Gasteiger partial charge on any atom is -0.544 e. The molecule has 0 aromatic heterocycles. The molecule has 0 N–H and O–H groups in total. The molecule has 0 unspecified atom stereocenters. The number of hydrogen-bond acceptors (Lipinski definition) is 4. The Kier molecular flexibility index (Phi) is 4.96. The average Bonchev–Trinajstić information content (AvgIpc) is 2.17. The molecule has 0 aliphatic carbocycles. The number of carboxylic acids is 1. The van der Waals surface area contributed by atoms with Crippen molar-refractivity contribution < 1.29 is 83.9 Å². The Morgan fingerprint density at radius 1 is 1.06 bits per heavy atom. The van der Waals surface area contributed by atoms with Crippen LogP contribution in [-0.4, -0.2) is 29.1 Å².